The fourth-order valence-corrected chi connectivity index (χ4v) is 4.14. The Morgan fingerprint density at radius 1 is 1.15 bits per heavy atom. The van der Waals surface area contributed by atoms with E-state index in [-0.39, 0.29) is 30.1 Å². The Morgan fingerprint density at radius 3 is 2.44 bits per heavy atom. The number of primary amides is 1. The molecule has 1 saturated heterocycles. The predicted octanol–water partition coefficient (Wildman–Crippen LogP) is 2.87. The number of cyclic esters (lactones) is 1. The molecule has 1 aliphatic heterocycles. The molecule has 0 aromatic heterocycles. The Balaban J connectivity index is 0.000000353. The molecule has 1 heterocycles. The molecule has 2 aromatic rings. The fraction of sp³-hybridized carbons (Fsp3) is 0.433. The van der Waals surface area contributed by atoms with Crippen LogP contribution in [0.5, 0.6) is 0 Å². The molecule has 1 aliphatic rings. The molecule has 11 nitrogen and oxygen atoms in total. The van der Waals surface area contributed by atoms with Crippen LogP contribution in [0.25, 0.3) is 0 Å². The van der Waals surface area contributed by atoms with Gasteiger partial charge in [0.25, 0.3) is 0 Å². The van der Waals surface area contributed by atoms with Crippen molar-refractivity contribution in [1.82, 2.24) is 10.6 Å². The minimum atomic E-state index is -0.781. The van der Waals surface area contributed by atoms with Crippen molar-refractivity contribution in [3.63, 3.8) is 0 Å². The lowest BCUT2D eigenvalue weighted by molar-refractivity contribution is -0.168. The first-order valence-electron chi connectivity index (χ1n) is 13.6. The second kappa shape index (κ2) is 16.8. The molecule has 1 fully saturated rings. The maximum Gasteiger partial charge on any atom is 0.310 e. The molecule has 2 aromatic carbocycles. The largest absolute Gasteiger partial charge is 0.433 e. The lowest BCUT2D eigenvalue weighted by Gasteiger charge is -2.22. The smallest absolute Gasteiger partial charge is 0.310 e. The van der Waals surface area contributed by atoms with Gasteiger partial charge in [-0.3, -0.25) is 24.0 Å². The summed E-state index contributed by atoms with van der Waals surface area (Å²) in [6.45, 7) is 8.03. The molecule has 0 saturated carbocycles. The lowest BCUT2D eigenvalue weighted by atomic mass is 9.98. The van der Waals surface area contributed by atoms with Crippen LogP contribution in [0.4, 0.5) is 5.69 Å². The topological polar surface area (TPSA) is 166 Å². The van der Waals surface area contributed by atoms with Crippen LogP contribution in [0.2, 0.25) is 0 Å². The SMILES string of the molecule is CC(=O)Nc1ccc(C(N)=O)cc1C.CCC(CCCNC=O)C(=O)NC1CC(=O)OC1OCc1ccc(C)cc1. The van der Waals surface area contributed by atoms with E-state index in [0.717, 1.165) is 23.1 Å². The molecule has 0 aliphatic carbocycles. The standard InChI is InChI=1S/C20H28N2O5.C10H12N2O2/c1-3-16(5-4-10-21-13-23)19(25)22-17-11-18(24)27-20(17)26-12-15-8-6-14(2)7-9-15;1-6-5-8(10(11)14)3-4-9(6)12-7(2)13/h6-9,13,16-17,20H,3-5,10-12H2,1-2H3,(H,21,23)(H,22,25);3-5H,1-2H3,(H2,11,14)(H,12,13). The first-order chi connectivity index (χ1) is 19.5. The van der Waals surface area contributed by atoms with Gasteiger partial charge in [-0.2, -0.15) is 0 Å². The van der Waals surface area contributed by atoms with Crippen LogP contribution in [0.1, 0.15) is 66.6 Å². The minimum absolute atomic E-state index is 0.105. The van der Waals surface area contributed by atoms with Crippen molar-refractivity contribution >= 4 is 35.8 Å². The molecule has 5 N–H and O–H groups in total. The molecule has 0 radical (unpaired) electrons. The van der Waals surface area contributed by atoms with Gasteiger partial charge in [0.15, 0.2) is 0 Å². The number of hydrogen-bond donors (Lipinski definition) is 4. The van der Waals surface area contributed by atoms with Gasteiger partial charge in [0, 0.05) is 30.6 Å². The van der Waals surface area contributed by atoms with Crippen molar-refractivity contribution < 1.29 is 33.4 Å². The highest BCUT2D eigenvalue weighted by molar-refractivity contribution is 5.95. The monoisotopic (exact) mass is 568 g/mol. The van der Waals surface area contributed by atoms with E-state index in [2.05, 4.69) is 16.0 Å². The van der Waals surface area contributed by atoms with E-state index in [4.69, 9.17) is 15.2 Å². The average molecular weight is 569 g/mol. The van der Waals surface area contributed by atoms with E-state index in [9.17, 15) is 24.0 Å². The van der Waals surface area contributed by atoms with Crippen molar-refractivity contribution in [2.24, 2.45) is 11.7 Å². The Labute approximate surface area is 240 Å². The molecule has 41 heavy (non-hydrogen) atoms. The maximum atomic E-state index is 12.5. The number of esters is 1. The zero-order valence-corrected chi connectivity index (χ0v) is 24.0. The highest BCUT2D eigenvalue weighted by Crippen LogP contribution is 2.20. The third kappa shape index (κ3) is 11.4. The summed E-state index contributed by atoms with van der Waals surface area (Å²) in [7, 11) is 0. The summed E-state index contributed by atoms with van der Waals surface area (Å²) in [6, 6.07) is 12.3. The molecule has 4 amide bonds. The van der Waals surface area contributed by atoms with Crippen molar-refractivity contribution in [1.29, 1.82) is 0 Å². The van der Waals surface area contributed by atoms with E-state index in [0.29, 0.717) is 43.7 Å². The van der Waals surface area contributed by atoms with Crippen molar-refractivity contribution in [3.05, 3.63) is 64.7 Å². The van der Waals surface area contributed by atoms with Crippen LogP contribution in [0, 0.1) is 19.8 Å². The number of anilines is 1. The number of benzene rings is 2. The number of hydrogen-bond acceptors (Lipinski definition) is 7. The third-order valence-corrected chi connectivity index (χ3v) is 6.47. The first-order valence-corrected chi connectivity index (χ1v) is 13.6. The zero-order chi connectivity index (χ0) is 30.4. The molecule has 11 heteroatoms. The number of ether oxygens (including phenoxy) is 2. The van der Waals surface area contributed by atoms with Gasteiger partial charge in [-0.25, -0.2) is 0 Å². The van der Waals surface area contributed by atoms with E-state index >= 15 is 0 Å². The minimum Gasteiger partial charge on any atom is -0.433 e. The number of nitrogens with one attached hydrogen (secondary N) is 3. The number of amides is 4. The summed E-state index contributed by atoms with van der Waals surface area (Å²) >= 11 is 0. The Hall–Kier alpha value is -4.25. The molecule has 3 atom stereocenters. The Kier molecular flexibility index (Phi) is 13.5. The Morgan fingerprint density at radius 2 is 1.85 bits per heavy atom. The van der Waals surface area contributed by atoms with Gasteiger partial charge in [-0.05, 0) is 62.4 Å². The first kappa shape index (κ1) is 33.0. The number of aryl methyl sites for hydroxylation is 2. The lowest BCUT2D eigenvalue weighted by Crippen LogP contribution is -2.44. The second-order valence-electron chi connectivity index (χ2n) is 9.87. The van der Waals surface area contributed by atoms with Crippen molar-refractivity contribution in [3.8, 4) is 0 Å². The van der Waals surface area contributed by atoms with E-state index in [1.807, 2.05) is 38.1 Å². The van der Waals surface area contributed by atoms with Gasteiger partial charge >= 0.3 is 5.97 Å². The summed E-state index contributed by atoms with van der Waals surface area (Å²) in [5, 5.41) is 8.14. The Bertz CT molecular complexity index is 1200. The predicted molar refractivity (Wildman–Crippen MR) is 153 cm³/mol. The van der Waals surface area contributed by atoms with Gasteiger partial charge in [-0.15, -0.1) is 0 Å². The zero-order valence-electron chi connectivity index (χ0n) is 24.0. The summed E-state index contributed by atoms with van der Waals surface area (Å²) in [5.74, 6) is -1.28. The van der Waals surface area contributed by atoms with Gasteiger partial charge < -0.3 is 31.2 Å². The summed E-state index contributed by atoms with van der Waals surface area (Å²) in [5.41, 5.74) is 9.19. The number of rotatable bonds is 13. The van der Waals surface area contributed by atoms with Crippen molar-refractivity contribution in [2.75, 3.05) is 11.9 Å². The number of nitrogens with two attached hydrogens (primary N) is 1. The molecular weight excluding hydrogens is 528 g/mol. The van der Waals surface area contributed by atoms with Crippen LogP contribution < -0.4 is 21.7 Å². The van der Waals surface area contributed by atoms with E-state index < -0.39 is 18.2 Å². The molecule has 222 valence electrons. The second-order valence-corrected chi connectivity index (χ2v) is 9.87. The van der Waals surface area contributed by atoms with Crippen LogP contribution in [0.15, 0.2) is 42.5 Å². The van der Waals surface area contributed by atoms with Gasteiger partial charge in [0.1, 0.15) is 6.04 Å². The molecule has 3 rings (SSSR count). The highest BCUT2D eigenvalue weighted by atomic mass is 16.7. The summed E-state index contributed by atoms with van der Waals surface area (Å²) < 4.78 is 11.0. The fourth-order valence-electron chi connectivity index (χ4n) is 4.14. The third-order valence-electron chi connectivity index (χ3n) is 6.47. The highest BCUT2D eigenvalue weighted by Gasteiger charge is 2.37. The molecule has 3 unspecified atom stereocenters. The van der Waals surface area contributed by atoms with E-state index in [1.165, 1.54) is 6.92 Å². The summed E-state index contributed by atoms with van der Waals surface area (Å²) in [6.07, 6.45) is 2.05. The molecular formula is C30H40N4O7. The van der Waals surface area contributed by atoms with Crippen molar-refractivity contribution in [2.45, 2.75) is 72.3 Å². The van der Waals surface area contributed by atoms with Crippen LogP contribution in [-0.2, 0) is 35.3 Å². The number of carbonyl (C=O) groups is 5. The molecule has 0 bridgehead atoms. The van der Waals surface area contributed by atoms with Crippen LogP contribution in [-0.4, -0.2) is 49.0 Å². The van der Waals surface area contributed by atoms with Gasteiger partial charge in [0.2, 0.25) is 30.4 Å². The maximum absolute atomic E-state index is 12.5. The average Bonchev–Trinajstić information content (AvgIpc) is 3.28. The summed E-state index contributed by atoms with van der Waals surface area (Å²) in [4.78, 5) is 56.1. The van der Waals surface area contributed by atoms with E-state index in [1.54, 1.807) is 25.1 Å². The van der Waals surface area contributed by atoms with Gasteiger partial charge in [-0.1, -0.05) is 36.8 Å². The molecule has 0 spiro atoms. The quantitative estimate of drug-likeness (QED) is 0.164. The number of carbonyl (C=O) groups excluding carboxylic acids is 5. The van der Waals surface area contributed by atoms with Crippen LogP contribution >= 0.6 is 0 Å². The van der Waals surface area contributed by atoms with Crippen LogP contribution in [0.3, 0.4) is 0 Å². The normalized spacial score (nSPS) is 16.4. The van der Waals surface area contributed by atoms with Gasteiger partial charge in [0.05, 0.1) is 13.0 Å².